The van der Waals surface area contributed by atoms with Crippen molar-refractivity contribution in [2.24, 2.45) is 13.0 Å². The number of rotatable bonds is 5. The average molecular weight is 342 g/mol. The molecule has 2 aromatic heterocycles. The van der Waals surface area contributed by atoms with Crippen molar-refractivity contribution in [1.29, 1.82) is 0 Å². The minimum Gasteiger partial charge on any atom is -0.481 e. The average Bonchev–Trinajstić information content (AvgIpc) is 3.41. The fourth-order valence-electron chi connectivity index (χ4n) is 3.30. The molecule has 8 nitrogen and oxygen atoms in total. The van der Waals surface area contributed by atoms with Crippen LogP contribution in [0.4, 0.5) is 5.82 Å². The lowest BCUT2D eigenvalue weighted by molar-refractivity contribution is -0.122. The second kappa shape index (κ2) is 6.34. The van der Waals surface area contributed by atoms with Gasteiger partial charge in [0, 0.05) is 26.2 Å². The molecule has 2 aliphatic rings. The van der Waals surface area contributed by atoms with Gasteiger partial charge < -0.3 is 19.5 Å². The quantitative estimate of drug-likeness (QED) is 0.867. The van der Waals surface area contributed by atoms with Crippen molar-refractivity contribution in [2.45, 2.75) is 25.3 Å². The Kier molecular flexibility index (Phi) is 4.03. The first kappa shape index (κ1) is 15.9. The second-order valence-electron chi connectivity index (χ2n) is 6.73. The fraction of sp³-hybridized carbons (Fsp3) is 0.529. The lowest BCUT2D eigenvalue weighted by atomic mass is 9.97. The van der Waals surface area contributed by atoms with Gasteiger partial charge in [-0.05, 0) is 18.8 Å². The molecule has 8 heteroatoms. The highest BCUT2D eigenvalue weighted by atomic mass is 16.5. The Balaban J connectivity index is 1.60. The predicted octanol–water partition coefficient (Wildman–Crippen LogP) is 0.849. The zero-order chi connectivity index (χ0) is 17.4. The third-order valence-electron chi connectivity index (χ3n) is 4.88. The Morgan fingerprint density at radius 2 is 2.20 bits per heavy atom. The van der Waals surface area contributed by atoms with Crippen molar-refractivity contribution in [3.63, 3.8) is 0 Å². The molecular weight excluding hydrogens is 320 g/mol. The topological polar surface area (TPSA) is 85.2 Å². The van der Waals surface area contributed by atoms with E-state index in [9.17, 15) is 4.79 Å². The van der Waals surface area contributed by atoms with Gasteiger partial charge in [-0.1, -0.05) is 0 Å². The van der Waals surface area contributed by atoms with E-state index in [-0.39, 0.29) is 11.8 Å². The summed E-state index contributed by atoms with van der Waals surface area (Å²) in [7, 11) is 3.52. The van der Waals surface area contributed by atoms with Gasteiger partial charge in [0.2, 0.25) is 11.8 Å². The van der Waals surface area contributed by atoms with Gasteiger partial charge >= 0.3 is 0 Å². The molecule has 1 amide bonds. The molecule has 1 saturated carbocycles. The zero-order valence-corrected chi connectivity index (χ0v) is 14.5. The van der Waals surface area contributed by atoms with Crippen molar-refractivity contribution in [3.8, 4) is 5.88 Å². The number of nitrogens with zero attached hydrogens (tertiary/aromatic N) is 5. The Morgan fingerprint density at radius 1 is 1.36 bits per heavy atom. The number of methoxy groups -OCH3 is 1. The molecule has 1 atom stereocenters. The summed E-state index contributed by atoms with van der Waals surface area (Å²) in [6.45, 7) is 1.94. The van der Waals surface area contributed by atoms with Crippen LogP contribution in [0.3, 0.4) is 0 Å². The largest absolute Gasteiger partial charge is 0.481 e. The smallest absolute Gasteiger partial charge is 0.230 e. The van der Waals surface area contributed by atoms with Gasteiger partial charge in [0.15, 0.2) is 0 Å². The molecule has 2 aromatic rings. The van der Waals surface area contributed by atoms with Crippen LogP contribution in [-0.4, -0.2) is 45.6 Å². The fourth-order valence-corrected chi connectivity index (χ4v) is 3.30. The number of imidazole rings is 1. The Morgan fingerprint density at radius 3 is 2.96 bits per heavy atom. The summed E-state index contributed by atoms with van der Waals surface area (Å²) in [5.74, 6) is 1.69. The highest BCUT2D eigenvalue weighted by Crippen LogP contribution is 2.32. The minimum absolute atomic E-state index is 0.0578. The second-order valence-corrected chi connectivity index (χ2v) is 6.73. The van der Waals surface area contributed by atoms with Crippen LogP contribution in [0, 0.1) is 5.92 Å². The molecule has 132 valence electrons. The highest BCUT2D eigenvalue weighted by Gasteiger charge is 2.35. The number of carbonyl (C=O) groups excluding carboxylic acids is 1. The van der Waals surface area contributed by atoms with E-state index in [0.717, 1.165) is 23.8 Å². The molecule has 4 rings (SSSR count). The number of hydrogen-bond donors (Lipinski definition) is 1. The monoisotopic (exact) mass is 342 g/mol. The van der Waals surface area contributed by atoms with Crippen LogP contribution in [0.5, 0.6) is 5.88 Å². The molecule has 0 aromatic carbocycles. The normalized spacial score (nSPS) is 19.4. The summed E-state index contributed by atoms with van der Waals surface area (Å²) in [4.78, 5) is 27.7. The number of anilines is 1. The Labute approximate surface area is 146 Å². The summed E-state index contributed by atoms with van der Waals surface area (Å²) >= 11 is 0. The van der Waals surface area contributed by atoms with Crippen LogP contribution in [-0.2, 0) is 18.4 Å². The number of nitrogens with one attached hydrogen (secondary N) is 1. The highest BCUT2D eigenvalue weighted by molar-refractivity contribution is 5.84. The molecule has 1 unspecified atom stereocenters. The zero-order valence-electron chi connectivity index (χ0n) is 14.5. The van der Waals surface area contributed by atoms with Crippen molar-refractivity contribution < 1.29 is 9.53 Å². The third-order valence-corrected chi connectivity index (χ3v) is 4.88. The number of amides is 1. The van der Waals surface area contributed by atoms with Crippen molar-refractivity contribution in [1.82, 2.24) is 24.8 Å². The maximum absolute atomic E-state index is 12.8. The van der Waals surface area contributed by atoms with Gasteiger partial charge in [-0.2, -0.15) is 0 Å². The SMILES string of the molecule is COc1cc(N2Cc3ncn(C)c3C(C(=O)NCC3CC3)C2)ncn1. The number of carbonyl (C=O) groups is 1. The first-order chi connectivity index (χ1) is 12.2. The Bertz CT molecular complexity index is 785. The molecule has 25 heavy (non-hydrogen) atoms. The molecule has 0 spiro atoms. The lowest BCUT2D eigenvalue weighted by Crippen LogP contribution is -2.43. The molecule has 1 N–H and O–H groups in total. The minimum atomic E-state index is -0.268. The Hall–Kier alpha value is -2.64. The van der Waals surface area contributed by atoms with Crippen LogP contribution in [0.2, 0.25) is 0 Å². The number of aromatic nitrogens is 4. The van der Waals surface area contributed by atoms with Gasteiger partial charge in [-0.3, -0.25) is 4.79 Å². The summed E-state index contributed by atoms with van der Waals surface area (Å²) in [5.41, 5.74) is 1.91. The van der Waals surface area contributed by atoms with Crippen molar-refractivity contribution >= 4 is 11.7 Å². The van der Waals surface area contributed by atoms with E-state index in [1.165, 1.54) is 19.2 Å². The van der Waals surface area contributed by atoms with Crippen molar-refractivity contribution in [2.75, 3.05) is 25.1 Å². The molecule has 0 radical (unpaired) electrons. The van der Waals surface area contributed by atoms with E-state index >= 15 is 0 Å². The summed E-state index contributed by atoms with van der Waals surface area (Å²) < 4.78 is 7.14. The van der Waals surface area contributed by atoms with Gasteiger partial charge in [-0.15, -0.1) is 0 Å². The van der Waals surface area contributed by atoms with Gasteiger partial charge in [0.25, 0.3) is 0 Å². The standard InChI is InChI=1S/C17H22N6O2/c1-22-10-21-13-8-23(14-5-15(25-2)20-9-19-14)7-12(16(13)22)17(24)18-6-11-3-4-11/h5,9-12H,3-4,6-8H2,1-2H3,(H,18,24). The van der Waals surface area contributed by atoms with Gasteiger partial charge in [0.05, 0.1) is 37.3 Å². The van der Waals surface area contributed by atoms with E-state index in [1.807, 2.05) is 11.6 Å². The molecule has 0 saturated heterocycles. The van der Waals surface area contributed by atoms with E-state index < -0.39 is 0 Å². The molecule has 1 aliphatic carbocycles. The first-order valence-corrected chi connectivity index (χ1v) is 8.54. The lowest BCUT2D eigenvalue weighted by Gasteiger charge is -2.33. The number of ether oxygens (including phenoxy) is 1. The number of hydrogen-bond acceptors (Lipinski definition) is 6. The van der Waals surface area contributed by atoms with Crippen LogP contribution in [0.15, 0.2) is 18.7 Å². The van der Waals surface area contributed by atoms with Crippen LogP contribution in [0.1, 0.15) is 30.1 Å². The first-order valence-electron chi connectivity index (χ1n) is 8.54. The molecule has 1 fully saturated rings. The molecular formula is C17H22N6O2. The van der Waals surface area contributed by atoms with E-state index in [2.05, 4.69) is 25.2 Å². The summed E-state index contributed by atoms with van der Waals surface area (Å²) in [5, 5.41) is 3.10. The summed E-state index contributed by atoms with van der Waals surface area (Å²) in [6.07, 6.45) is 5.68. The molecule has 3 heterocycles. The van der Waals surface area contributed by atoms with E-state index in [4.69, 9.17) is 4.74 Å². The van der Waals surface area contributed by atoms with Crippen molar-refractivity contribution in [3.05, 3.63) is 30.1 Å². The van der Waals surface area contributed by atoms with Gasteiger partial charge in [0.1, 0.15) is 12.1 Å². The van der Waals surface area contributed by atoms with Crippen LogP contribution >= 0.6 is 0 Å². The predicted molar refractivity (Wildman–Crippen MR) is 91.3 cm³/mol. The van der Waals surface area contributed by atoms with E-state index in [1.54, 1.807) is 19.5 Å². The van der Waals surface area contributed by atoms with Crippen LogP contribution in [0.25, 0.3) is 0 Å². The van der Waals surface area contributed by atoms with E-state index in [0.29, 0.717) is 24.9 Å². The molecule has 1 aliphatic heterocycles. The number of fused-ring (bicyclic) bond motifs is 1. The summed E-state index contributed by atoms with van der Waals surface area (Å²) in [6, 6.07) is 1.78. The van der Waals surface area contributed by atoms with Gasteiger partial charge in [-0.25, -0.2) is 15.0 Å². The molecule has 0 bridgehead atoms. The maximum Gasteiger partial charge on any atom is 0.230 e. The maximum atomic E-state index is 12.8. The van der Waals surface area contributed by atoms with Crippen LogP contribution < -0.4 is 15.0 Å². The number of aryl methyl sites for hydroxylation is 1. The third kappa shape index (κ3) is 3.16.